The number of ether oxygens (including phenoxy) is 1. The fourth-order valence-electron chi connectivity index (χ4n) is 3.07. The minimum absolute atomic E-state index is 0.0330. The second-order valence-electron chi connectivity index (χ2n) is 6.63. The zero-order chi connectivity index (χ0) is 18.2. The monoisotopic (exact) mass is 347 g/mol. The Morgan fingerprint density at radius 2 is 1.96 bits per heavy atom. The molecule has 138 valence electrons. The van der Waals surface area contributed by atoms with Gasteiger partial charge in [0.2, 0.25) is 5.91 Å². The molecular weight excluding hydrogens is 318 g/mol. The van der Waals surface area contributed by atoms with Gasteiger partial charge in [-0.25, -0.2) is 4.79 Å². The summed E-state index contributed by atoms with van der Waals surface area (Å²) in [6.45, 7) is 6.65. The van der Waals surface area contributed by atoms with Crippen LogP contribution >= 0.6 is 0 Å². The summed E-state index contributed by atoms with van der Waals surface area (Å²) in [6.07, 6.45) is 1.28. The summed E-state index contributed by atoms with van der Waals surface area (Å²) < 4.78 is 5.01. The van der Waals surface area contributed by atoms with Crippen molar-refractivity contribution in [2.45, 2.75) is 39.3 Å². The summed E-state index contributed by atoms with van der Waals surface area (Å²) in [5, 5.41) is 3.08. The third-order valence-electron chi connectivity index (χ3n) is 4.50. The number of benzene rings is 1. The average molecular weight is 347 g/mol. The molecule has 1 aliphatic heterocycles. The molecule has 2 rings (SSSR count). The molecule has 0 aliphatic carbocycles. The lowest BCUT2D eigenvalue weighted by Gasteiger charge is -2.32. The molecular formula is C19H29N3O3. The largest absolute Gasteiger partial charge is 0.450 e. The van der Waals surface area contributed by atoms with Gasteiger partial charge >= 0.3 is 6.09 Å². The Hall–Kier alpha value is -2.08. The van der Waals surface area contributed by atoms with Crippen LogP contribution in [0.25, 0.3) is 0 Å². The van der Waals surface area contributed by atoms with Gasteiger partial charge in [-0.3, -0.25) is 9.69 Å². The van der Waals surface area contributed by atoms with Gasteiger partial charge in [0.25, 0.3) is 0 Å². The Bertz CT molecular complexity index is 583. The molecule has 1 saturated heterocycles. The van der Waals surface area contributed by atoms with E-state index in [2.05, 4.69) is 24.4 Å². The first-order valence-corrected chi connectivity index (χ1v) is 8.93. The summed E-state index contributed by atoms with van der Waals surface area (Å²) in [6, 6.07) is 8.35. The number of nitrogens with one attached hydrogen (secondary N) is 1. The van der Waals surface area contributed by atoms with E-state index in [1.54, 1.807) is 11.8 Å². The highest BCUT2D eigenvalue weighted by Crippen LogP contribution is 2.12. The van der Waals surface area contributed by atoms with E-state index in [0.29, 0.717) is 26.2 Å². The molecule has 1 heterocycles. The first kappa shape index (κ1) is 19.2. The number of hydrogen-bond donors (Lipinski definition) is 1. The first-order valence-electron chi connectivity index (χ1n) is 8.93. The molecule has 2 amide bonds. The molecule has 1 aromatic rings. The van der Waals surface area contributed by atoms with Crippen molar-refractivity contribution in [2.24, 2.45) is 0 Å². The van der Waals surface area contributed by atoms with Crippen LogP contribution in [0.4, 0.5) is 4.79 Å². The molecule has 0 atom stereocenters. The fraction of sp³-hybridized carbons (Fsp3) is 0.579. The highest BCUT2D eigenvalue weighted by atomic mass is 16.6. The molecule has 0 bridgehead atoms. The highest BCUT2D eigenvalue weighted by molar-refractivity contribution is 5.78. The maximum Gasteiger partial charge on any atom is 0.409 e. The quantitative estimate of drug-likeness (QED) is 0.857. The third-order valence-corrected chi connectivity index (χ3v) is 4.50. The number of piperidine rings is 1. The molecule has 0 saturated carbocycles. The van der Waals surface area contributed by atoms with Crippen molar-refractivity contribution in [2.75, 3.05) is 33.3 Å². The van der Waals surface area contributed by atoms with Crippen LogP contribution in [0.2, 0.25) is 0 Å². The van der Waals surface area contributed by atoms with Crippen LogP contribution in [0.1, 0.15) is 30.9 Å². The van der Waals surface area contributed by atoms with Crippen molar-refractivity contribution in [3.8, 4) is 0 Å². The number of likely N-dealkylation sites (tertiary alicyclic amines) is 1. The van der Waals surface area contributed by atoms with Crippen molar-refractivity contribution >= 4 is 12.0 Å². The van der Waals surface area contributed by atoms with Crippen LogP contribution in [0.5, 0.6) is 0 Å². The van der Waals surface area contributed by atoms with Crippen molar-refractivity contribution in [3.05, 3.63) is 35.4 Å². The van der Waals surface area contributed by atoms with E-state index < -0.39 is 0 Å². The average Bonchev–Trinajstić information content (AvgIpc) is 2.57. The van der Waals surface area contributed by atoms with E-state index in [-0.39, 0.29) is 18.0 Å². The molecule has 0 spiro atoms. The molecule has 0 unspecified atom stereocenters. The predicted molar refractivity (Wildman–Crippen MR) is 97.3 cm³/mol. The van der Waals surface area contributed by atoms with Crippen molar-refractivity contribution in [1.29, 1.82) is 0 Å². The van der Waals surface area contributed by atoms with Crippen molar-refractivity contribution in [3.63, 3.8) is 0 Å². The second-order valence-corrected chi connectivity index (χ2v) is 6.63. The van der Waals surface area contributed by atoms with Crippen LogP contribution in [0.15, 0.2) is 24.3 Å². The Kier molecular flexibility index (Phi) is 7.25. The SMILES string of the molecule is CCOC(=O)N1CCC(NC(=O)CN(C)Cc2ccccc2C)CC1. The van der Waals surface area contributed by atoms with Crippen LogP contribution in [0, 0.1) is 6.92 Å². The molecule has 6 heteroatoms. The maximum absolute atomic E-state index is 12.3. The number of amides is 2. The zero-order valence-electron chi connectivity index (χ0n) is 15.5. The van der Waals surface area contributed by atoms with Gasteiger partial charge in [0, 0.05) is 25.7 Å². The van der Waals surface area contributed by atoms with Gasteiger partial charge in [0.1, 0.15) is 0 Å². The van der Waals surface area contributed by atoms with E-state index >= 15 is 0 Å². The Morgan fingerprint density at radius 1 is 1.28 bits per heavy atom. The summed E-state index contributed by atoms with van der Waals surface area (Å²) in [7, 11) is 1.95. The van der Waals surface area contributed by atoms with E-state index in [1.165, 1.54) is 11.1 Å². The lowest BCUT2D eigenvalue weighted by molar-refractivity contribution is -0.123. The minimum Gasteiger partial charge on any atom is -0.450 e. The van der Waals surface area contributed by atoms with Gasteiger partial charge in [-0.05, 0) is 44.9 Å². The lowest BCUT2D eigenvalue weighted by atomic mass is 10.1. The number of carbonyl (C=O) groups is 2. The molecule has 1 fully saturated rings. The van der Waals surface area contributed by atoms with Crippen LogP contribution in [-0.4, -0.2) is 61.1 Å². The molecule has 25 heavy (non-hydrogen) atoms. The van der Waals surface area contributed by atoms with Crippen LogP contribution in [0.3, 0.4) is 0 Å². The molecule has 0 radical (unpaired) electrons. The van der Waals surface area contributed by atoms with Crippen LogP contribution < -0.4 is 5.32 Å². The number of carbonyl (C=O) groups excluding carboxylic acids is 2. The third kappa shape index (κ3) is 6.05. The van der Waals surface area contributed by atoms with Crippen molar-refractivity contribution in [1.82, 2.24) is 15.1 Å². The van der Waals surface area contributed by atoms with E-state index in [1.807, 2.05) is 24.1 Å². The van der Waals surface area contributed by atoms with Gasteiger partial charge in [-0.2, -0.15) is 0 Å². The van der Waals surface area contributed by atoms with Crippen LogP contribution in [-0.2, 0) is 16.1 Å². The van der Waals surface area contributed by atoms with Gasteiger partial charge in [0.15, 0.2) is 0 Å². The number of rotatable bonds is 6. The topological polar surface area (TPSA) is 61.9 Å². The summed E-state index contributed by atoms with van der Waals surface area (Å²) in [5.41, 5.74) is 2.47. The maximum atomic E-state index is 12.3. The van der Waals surface area contributed by atoms with E-state index in [4.69, 9.17) is 4.74 Å². The minimum atomic E-state index is -0.259. The van der Waals surface area contributed by atoms with Gasteiger partial charge in [-0.15, -0.1) is 0 Å². The zero-order valence-corrected chi connectivity index (χ0v) is 15.5. The normalized spacial score (nSPS) is 15.3. The Balaban J connectivity index is 1.72. The van der Waals surface area contributed by atoms with Gasteiger partial charge < -0.3 is 15.0 Å². The predicted octanol–water partition coefficient (Wildman–Crippen LogP) is 2.16. The fourth-order valence-corrected chi connectivity index (χ4v) is 3.07. The second kappa shape index (κ2) is 9.42. The number of hydrogen-bond acceptors (Lipinski definition) is 4. The summed E-state index contributed by atoms with van der Waals surface area (Å²) in [4.78, 5) is 27.7. The first-order chi connectivity index (χ1) is 12.0. The molecule has 1 aliphatic rings. The van der Waals surface area contributed by atoms with Crippen molar-refractivity contribution < 1.29 is 14.3 Å². The summed E-state index contributed by atoms with van der Waals surface area (Å²) in [5.74, 6) is 0.0330. The Labute approximate surface area is 150 Å². The molecule has 6 nitrogen and oxygen atoms in total. The summed E-state index contributed by atoms with van der Waals surface area (Å²) >= 11 is 0. The van der Waals surface area contributed by atoms with E-state index in [9.17, 15) is 9.59 Å². The van der Waals surface area contributed by atoms with Gasteiger partial charge in [0.05, 0.1) is 13.2 Å². The smallest absolute Gasteiger partial charge is 0.409 e. The lowest BCUT2D eigenvalue weighted by Crippen LogP contribution is -2.48. The number of nitrogens with zero attached hydrogens (tertiary/aromatic N) is 2. The molecule has 1 aromatic carbocycles. The number of likely N-dealkylation sites (N-methyl/N-ethyl adjacent to an activating group) is 1. The van der Waals surface area contributed by atoms with Gasteiger partial charge in [-0.1, -0.05) is 24.3 Å². The standard InChI is InChI=1S/C19H29N3O3/c1-4-25-19(24)22-11-9-17(10-12-22)20-18(23)14-21(3)13-16-8-6-5-7-15(16)2/h5-8,17H,4,9-14H2,1-3H3,(H,20,23). The Morgan fingerprint density at radius 3 is 2.60 bits per heavy atom. The highest BCUT2D eigenvalue weighted by Gasteiger charge is 2.24. The van der Waals surface area contributed by atoms with E-state index in [0.717, 1.165) is 19.4 Å². The number of aryl methyl sites for hydroxylation is 1. The molecule has 0 aromatic heterocycles. The molecule has 1 N–H and O–H groups in total.